The molecule has 6 nitrogen and oxygen atoms in total. The van der Waals surface area contributed by atoms with Crippen LogP contribution in [-0.4, -0.2) is 30.5 Å². The van der Waals surface area contributed by atoms with Gasteiger partial charge in [-0.25, -0.2) is 9.37 Å². The van der Waals surface area contributed by atoms with E-state index in [0.717, 1.165) is 63.2 Å². The van der Waals surface area contributed by atoms with E-state index in [2.05, 4.69) is 21.3 Å². The molecule has 1 saturated heterocycles. The second-order valence-electron chi connectivity index (χ2n) is 8.92. The van der Waals surface area contributed by atoms with E-state index in [-0.39, 0.29) is 22.6 Å². The number of piperidine rings is 1. The van der Waals surface area contributed by atoms with Gasteiger partial charge in [-0.05, 0) is 62.6 Å². The highest BCUT2D eigenvalue weighted by Crippen LogP contribution is 2.70. The standard InChI is InChI=1S/C23H25FN4O2/c24-18-1-2-19(17(13-18)14-25)28-10-3-16(4-11-28)15-27-20(29)22(5-6-22)23(7-8-23)21-26-9-12-30-21/h1-2,9,12-13,16H,3-8,10-11,15H2,(H,27,29). The van der Waals surface area contributed by atoms with E-state index >= 15 is 0 Å². The van der Waals surface area contributed by atoms with Crippen LogP contribution in [-0.2, 0) is 10.2 Å². The number of hydrogen-bond donors (Lipinski definition) is 1. The van der Waals surface area contributed by atoms with E-state index in [1.54, 1.807) is 18.5 Å². The van der Waals surface area contributed by atoms with Gasteiger partial charge in [0, 0.05) is 19.6 Å². The zero-order chi connectivity index (χ0) is 20.8. The van der Waals surface area contributed by atoms with Gasteiger partial charge in [-0.3, -0.25) is 4.79 Å². The number of nitrogens with one attached hydrogen (secondary N) is 1. The summed E-state index contributed by atoms with van der Waals surface area (Å²) in [5.41, 5.74) is 0.632. The van der Waals surface area contributed by atoms with Crippen molar-refractivity contribution in [2.45, 2.75) is 43.9 Å². The topological polar surface area (TPSA) is 82.2 Å². The van der Waals surface area contributed by atoms with Crippen molar-refractivity contribution in [1.29, 1.82) is 5.26 Å². The minimum atomic E-state index is -0.389. The lowest BCUT2D eigenvalue weighted by atomic mass is 9.84. The molecule has 5 rings (SSSR count). The highest BCUT2D eigenvalue weighted by Gasteiger charge is 2.72. The lowest BCUT2D eigenvalue weighted by Crippen LogP contribution is -2.44. The van der Waals surface area contributed by atoms with Crippen LogP contribution in [0.15, 0.2) is 35.1 Å². The molecule has 0 unspecified atom stereocenters. The van der Waals surface area contributed by atoms with Crippen LogP contribution in [0, 0.1) is 28.5 Å². The average Bonchev–Trinajstić information content (AvgIpc) is 3.69. The number of halogens is 1. The number of nitrogens with zero attached hydrogens (tertiary/aromatic N) is 3. The number of amides is 1. The molecule has 2 aliphatic carbocycles. The number of anilines is 1. The molecule has 1 amide bonds. The average molecular weight is 408 g/mol. The Morgan fingerprint density at radius 2 is 2.07 bits per heavy atom. The van der Waals surface area contributed by atoms with Crippen LogP contribution in [0.5, 0.6) is 0 Å². The van der Waals surface area contributed by atoms with Gasteiger partial charge in [0.25, 0.3) is 0 Å². The van der Waals surface area contributed by atoms with Crippen LogP contribution >= 0.6 is 0 Å². The SMILES string of the molecule is N#Cc1cc(F)ccc1N1CCC(CNC(=O)C2(C3(c4ncco4)CC3)CC2)CC1. The van der Waals surface area contributed by atoms with E-state index < -0.39 is 0 Å². The molecule has 1 N–H and O–H groups in total. The molecule has 156 valence electrons. The van der Waals surface area contributed by atoms with Gasteiger partial charge >= 0.3 is 0 Å². The monoisotopic (exact) mass is 408 g/mol. The summed E-state index contributed by atoms with van der Waals surface area (Å²) >= 11 is 0. The van der Waals surface area contributed by atoms with Gasteiger partial charge in [-0.15, -0.1) is 0 Å². The molecule has 2 heterocycles. The molecule has 1 aromatic heterocycles. The summed E-state index contributed by atoms with van der Waals surface area (Å²) in [6, 6.07) is 6.47. The number of carbonyl (C=O) groups excluding carboxylic acids is 1. The maximum atomic E-state index is 13.4. The Morgan fingerprint density at radius 1 is 1.30 bits per heavy atom. The summed E-state index contributed by atoms with van der Waals surface area (Å²) in [6.07, 6.45) is 8.87. The molecule has 0 atom stereocenters. The lowest BCUT2D eigenvalue weighted by molar-refractivity contribution is -0.128. The van der Waals surface area contributed by atoms with Gasteiger partial charge in [0.2, 0.25) is 11.8 Å². The quantitative estimate of drug-likeness (QED) is 0.791. The first kappa shape index (κ1) is 19.1. The van der Waals surface area contributed by atoms with Crippen LogP contribution < -0.4 is 10.2 Å². The van der Waals surface area contributed by atoms with Crippen molar-refractivity contribution in [2.75, 3.05) is 24.5 Å². The van der Waals surface area contributed by atoms with Crippen LogP contribution in [0.1, 0.15) is 50.0 Å². The maximum absolute atomic E-state index is 13.4. The first-order valence-corrected chi connectivity index (χ1v) is 10.7. The highest BCUT2D eigenvalue weighted by atomic mass is 19.1. The second kappa shape index (κ2) is 7.12. The molecule has 2 aromatic rings. The molecule has 30 heavy (non-hydrogen) atoms. The number of carbonyl (C=O) groups is 1. The summed E-state index contributed by atoms with van der Waals surface area (Å²) in [4.78, 5) is 19.6. The van der Waals surface area contributed by atoms with E-state index in [1.807, 2.05) is 0 Å². The van der Waals surface area contributed by atoms with Crippen molar-refractivity contribution in [3.05, 3.63) is 47.9 Å². The number of benzene rings is 1. The molecule has 1 aliphatic heterocycles. The summed E-state index contributed by atoms with van der Waals surface area (Å²) in [6.45, 7) is 2.27. The smallest absolute Gasteiger partial charge is 0.227 e. The molecule has 7 heteroatoms. The van der Waals surface area contributed by atoms with Crippen molar-refractivity contribution in [3.63, 3.8) is 0 Å². The molecule has 0 bridgehead atoms. The molecular weight excluding hydrogens is 383 g/mol. The van der Waals surface area contributed by atoms with E-state index in [1.165, 1.54) is 12.1 Å². The first-order chi connectivity index (χ1) is 14.6. The second-order valence-corrected chi connectivity index (χ2v) is 8.92. The summed E-state index contributed by atoms with van der Waals surface area (Å²) in [5.74, 6) is 0.881. The van der Waals surface area contributed by atoms with Crippen molar-refractivity contribution in [1.82, 2.24) is 10.3 Å². The zero-order valence-electron chi connectivity index (χ0n) is 16.9. The van der Waals surface area contributed by atoms with E-state index in [0.29, 0.717) is 18.0 Å². The number of hydrogen-bond acceptors (Lipinski definition) is 5. The molecule has 3 fully saturated rings. The van der Waals surface area contributed by atoms with Crippen molar-refractivity contribution < 1.29 is 13.6 Å². The summed E-state index contributed by atoms with van der Waals surface area (Å²) in [5, 5.41) is 12.5. The van der Waals surface area contributed by atoms with E-state index in [9.17, 15) is 14.4 Å². The van der Waals surface area contributed by atoms with Crippen LogP contribution in [0.3, 0.4) is 0 Å². The largest absolute Gasteiger partial charge is 0.448 e. The third-order valence-corrected chi connectivity index (χ3v) is 7.28. The minimum absolute atomic E-state index is 0.144. The fraction of sp³-hybridized carbons (Fsp3) is 0.522. The Bertz CT molecular complexity index is 981. The Labute approximate surface area is 175 Å². The third kappa shape index (κ3) is 3.06. The Kier molecular flexibility index (Phi) is 4.53. The van der Waals surface area contributed by atoms with Gasteiger partial charge in [0.05, 0.1) is 28.3 Å². The van der Waals surface area contributed by atoms with Gasteiger partial charge in [-0.2, -0.15) is 5.26 Å². The predicted octanol–water partition coefficient (Wildman–Crippen LogP) is 3.53. The molecular formula is C23H25FN4O2. The number of aromatic nitrogens is 1. The van der Waals surface area contributed by atoms with E-state index in [4.69, 9.17) is 4.42 Å². The van der Waals surface area contributed by atoms with Crippen molar-refractivity contribution in [2.24, 2.45) is 11.3 Å². The summed E-state index contributed by atoms with van der Waals surface area (Å²) < 4.78 is 19.0. The Morgan fingerprint density at radius 3 is 2.67 bits per heavy atom. The molecule has 1 aromatic carbocycles. The summed E-state index contributed by atoms with van der Waals surface area (Å²) in [7, 11) is 0. The molecule has 3 aliphatic rings. The fourth-order valence-electron chi connectivity index (χ4n) is 5.19. The first-order valence-electron chi connectivity index (χ1n) is 10.7. The van der Waals surface area contributed by atoms with Crippen molar-refractivity contribution >= 4 is 11.6 Å². The number of nitriles is 1. The fourth-order valence-corrected chi connectivity index (χ4v) is 5.19. The molecule has 0 radical (unpaired) electrons. The van der Waals surface area contributed by atoms with Crippen LogP contribution in [0.4, 0.5) is 10.1 Å². The normalized spacial score (nSPS) is 21.7. The zero-order valence-corrected chi connectivity index (χ0v) is 16.9. The highest BCUT2D eigenvalue weighted by molar-refractivity contribution is 5.88. The minimum Gasteiger partial charge on any atom is -0.448 e. The van der Waals surface area contributed by atoms with Gasteiger partial charge in [-0.1, -0.05) is 0 Å². The van der Waals surface area contributed by atoms with Crippen molar-refractivity contribution in [3.8, 4) is 6.07 Å². The molecule has 0 spiro atoms. The third-order valence-electron chi connectivity index (χ3n) is 7.28. The molecule has 2 saturated carbocycles. The maximum Gasteiger partial charge on any atom is 0.227 e. The Hall–Kier alpha value is -2.88. The number of rotatable bonds is 6. The predicted molar refractivity (Wildman–Crippen MR) is 108 cm³/mol. The Balaban J connectivity index is 1.17. The number of oxazole rings is 1. The van der Waals surface area contributed by atoms with Gasteiger partial charge < -0.3 is 14.6 Å². The van der Waals surface area contributed by atoms with Gasteiger partial charge in [0.15, 0.2) is 0 Å². The van der Waals surface area contributed by atoms with Gasteiger partial charge in [0.1, 0.15) is 18.1 Å². The van der Waals surface area contributed by atoms with Crippen LogP contribution in [0.2, 0.25) is 0 Å². The lowest BCUT2D eigenvalue weighted by Gasteiger charge is -2.34. The van der Waals surface area contributed by atoms with Crippen LogP contribution in [0.25, 0.3) is 0 Å².